The average molecular weight is 606 g/mol. The van der Waals surface area contributed by atoms with Crippen LogP contribution in [-0.4, -0.2) is 74.0 Å². The first-order chi connectivity index (χ1) is 21.3. The maximum absolute atomic E-state index is 14.9. The number of rotatable bonds is 6. The Balaban J connectivity index is 1.17. The predicted molar refractivity (Wildman–Crippen MR) is 157 cm³/mol. The molecule has 11 nitrogen and oxygen atoms in total. The van der Waals surface area contributed by atoms with Crippen LogP contribution in [0.4, 0.5) is 13.6 Å². The number of nitrogens with one attached hydrogen (secondary N) is 2. The van der Waals surface area contributed by atoms with Crippen LogP contribution in [0.15, 0.2) is 59.5 Å². The fraction of sp³-hybridized carbons (Fsp3) is 0.387. The number of H-pyrrole nitrogens is 1. The third kappa shape index (κ3) is 5.86. The van der Waals surface area contributed by atoms with Crippen LogP contribution in [0.3, 0.4) is 0 Å². The Hall–Kier alpha value is -4.81. The summed E-state index contributed by atoms with van der Waals surface area (Å²) in [6, 6.07) is 11.5. The molecule has 1 aromatic carbocycles. The Morgan fingerprint density at radius 1 is 1.05 bits per heavy atom. The quantitative estimate of drug-likeness (QED) is 0.345. The third-order valence-electron chi connectivity index (χ3n) is 8.52. The smallest absolute Gasteiger partial charge is 0.327 e. The van der Waals surface area contributed by atoms with Crippen molar-refractivity contribution in [1.82, 2.24) is 34.6 Å². The maximum atomic E-state index is 14.9. The van der Waals surface area contributed by atoms with Crippen LogP contribution in [0.1, 0.15) is 48.9 Å². The van der Waals surface area contributed by atoms with Gasteiger partial charge in [-0.1, -0.05) is 18.2 Å². The van der Waals surface area contributed by atoms with E-state index >= 15 is 0 Å². The number of pyridine rings is 2. The van der Waals surface area contributed by atoms with Crippen LogP contribution in [0.5, 0.6) is 5.88 Å². The Kier molecular flexibility index (Phi) is 8.27. The van der Waals surface area contributed by atoms with Gasteiger partial charge in [0.25, 0.3) is 0 Å². The van der Waals surface area contributed by atoms with Gasteiger partial charge in [0.2, 0.25) is 11.8 Å². The lowest BCUT2D eigenvalue weighted by molar-refractivity contribution is -0.133. The molecule has 230 valence electrons. The number of aromatic nitrogens is 4. The van der Waals surface area contributed by atoms with E-state index in [-0.39, 0.29) is 48.7 Å². The topological polar surface area (TPSA) is 125 Å². The van der Waals surface area contributed by atoms with Crippen molar-refractivity contribution in [2.24, 2.45) is 0 Å². The van der Waals surface area contributed by atoms with Gasteiger partial charge in [0.15, 0.2) is 17.3 Å². The molecule has 2 saturated heterocycles. The Morgan fingerprint density at radius 2 is 1.84 bits per heavy atom. The molecule has 44 heavy (non-hydrogen) atoms. The summed E-state index contributed by atoms with van der Waals surface area (Å²) in [7, 11) is 1.50. The number of piperidine rings is 1. The summed E-state index contributed by atoms with van der Waals surface area (Å²) in [5.41, 5.74) is 1.76. The SMILES string of the molecule is COc1cccc(CN2C[C@H](c3cccc(F)c3F)CC[C@@H](NC(=O)N3CCC(n4c(=O)[nH]c5ncccc54)CC3)C2=O)n1. The zero-order chi connectivity index (χ0) is 30.8. The number of methoxy groups -OCH3 is 1. The van der Waals surface area contributed by atoms with Crippen LogP contribution in [0.25, 0.3) is 11.2 Å². The first kappa shape index (κ1) is 29.3. The normalized spacial score (nSPS) is 19.7. The lowest BCUT2D eigenvalue weighted by atomic mass is 9.93. The van der Waals surface area contributed by atoms with Gasteiger partial charge in [0, 0.05) is 43.9 Å². The Morgan fingerprint density at radius 3 is 2.64 bits per heavy atom. The summed E-state index contributed by atoms with van der Waals surface area (Å²) in [5.74, 6) is -2.30. The number of imidazole rings is 1. The van der Waals surface area contributed by atoms with E-state index in [1.807, 2.05) is 6.07 Å². The van der Waals surface area contributed by atoms with Gasteiger partial charge >= 0.3 is 11.7 Å². The molecular weight excluding hydrogens is 572 g/mol. The van der Waals surface area contributed by atoms with E-state index in [0.717, 1.165) is 11.6 Å². The lowest BCUT2D eigenvalue weighted by Gasteiger charge is -2.34. The first-order valence-electron chi connectivity index (χ1n) is 14.7. The summed E-state index contributed by atoms with van der Waals surface area (Å²) in [6.07, 6.45) is 3.35. The van der Waals surface area contributed by atoms with Crippen LogP contribution in [0.2, 0.25) is 0 Å². The van der Waals surface area contributed by atoms with E-state index in [0.29, 0.717) is 49.6 Å². The number of ether oxygens (including phenoxy) is 1. The summed E-state index contributed by atoms with van der Waals surface area (Å²) in [6.45, 7) is 1.02. The zero-order valence-electron chi connectivity index (χ0n) is 24.2. The van der Waals surface area contributed by atoms with E-state index in [2.05, 4.69) is 20.3 Å². The standard InChI is InChI=1S/C31H33F2N7O4/c1-44-26-9-2-5-20(35-26)18-39-17-19(22-6-3-7-23(32)27(22)33)10-11-24(29(39)41)36-30(42)38-15-12-21(13-16-38)40-25-8-4-14-34-28(25)37-31(40)43/h2-9,14,19,21,24H,10-13,15-18H2,1H3,(H,36,42)(H,34,37,43)/t19-,24-/m1/s1. The van der Waals surface area contributed by atoms with E-state index in [4.69, 9.17) is 4.74 Å². The summed E-state index contributed by atoms with van der Waals surface area (Å²) in [5, 5.41) is 2.90. The molecule has 0 spiro atoms. The second-order valence-electron chi connectivity index (χ2n) is 11.2. The van der Waals surface area contributed by atoms with Crippen LogP contribution < -0.4 is 15.7 Å². The van der Waals surface area contributed by atoms with Crippen molar-refractivity contribution in [2.45, 2.75) is 50.2 Å². The van der Waals surface area contributed by atoms with Gasteiger partial charge in [0.05, 0.1) is 24.9 Å². The molecule has 3 aromatic heterocycles. The largest absolute Gasteiger partial charge is 0.481 e. The molecule has 0 bridgehead atoms. The molecule has 0 radical (unpaired) electrons. The molecule has 2 atom stereocenters. The molecule has 13 heteroatoms. The number of hydrogen-bond donors (Lipinski definition) is 2. The van der Waals surface area contributed by atoms with Crippen molar-refractivity contribution < 1.29 is 23.1 Å². The van der Waals surface area contributed by atoms with Gasteiger partial charge < -0.3 is 19.9 Å². The minimum atomic E-state index is -0.946. The summed E-state index contributed by atoms with van der Waals surface area (Å²) >= 11 is 0. The number of urea groups is 1. The van der Waals surface area contributed by atoms with Crippen molar-refractivity contribution in [3.8, 4) is 5.88 Å². The maximum Gasteiger partial charge on any atom is 0.327 e. The predicted octanol–water partition coefficient (Wildman–Crippen LogP) is 3.73. The van der Waals surface area contributed by atoms with Gasteiger partial charge in [-0.05, 0) is 55.5 Å². The van der Waals surface area contributed by atoms with Crippen LogP contribution in [-0.2, 0) is 11.3 Å². The van der Waals surface area contributed by atoms with Gasteiger partial charge in [-0.2, -0.15) is 0 Å². The highest BCUT2D eigenvalue weighted by molar-refractivity contribution is 5.87. The number of aromatic amines is 1. The number of carbonyl (C=O) groups excluding carboxylic acids is 2. The average Bonchev–Trinajstić information content (AvgIpc) is 3.30. The second-order valence-corrected chi connectivity index (χ2v) is 11.2. The molecular formula is C31H33F2N7O4. The van der Waals surface area contributed by atoms with Crippen LogP contribution in [0, 0.1) is 11.6 Å². The van der Waals surface area contributed by atoms with Gasteiger partial charge in [-0.25, -0.2) is 28.3 Å². The van der Waals surface area contributed by atoms with E-state index in [9.17, 15) is 23.2 Å². The molecule has 0 unspecified atom stereocenters. The highest BCUT2D eigenvalue weighted by Crippen LogP contribution is 2.31. The minimum Gasteiger partial charge on any atom is -0.481 e. The molecule has 4 aromatic rings. The van der Waals surface area contributed by atoms with E-state index in [1.54, 1.807) is 44.8 Å². The number of nitrogens with zero attached hydrogens (tertiary/aromatic N) is 5. The Labute approximate surface area is 251 Å². The van der Waals surface area contributed by atoms with Crippen molar-refractivity contribution in [3.63, 3.8) is 0 Å². The molecule has 0 saturated carbocycles. The number of benzene rings is 1. The zero-order valence-corrected chi connectivity index (χ0v) is 24.2. The fourth-order valence-corrected chi connectivity index (χ4v) is 6.27. The highest BCUT2D eigenvalue weighted by Gasteiger charge is 2.36. The van der Waals surface area contributed by atoms with Gasteiger partial charge in [-0.3, -0.25) is 14.3 Å². The second kappa shape index (κ2) is 12.4. The van der Waals surface area contributed by atoms with Crippen molar-refractivity contribution in [2.75, 3.05) is 26.7 Å². The van der Waals surface area contributed by atoms with Crippen molar-refractivity contribution >= 4 is 23.1 Å². The first-order valence-corrected chi connectivity index (χ1v) is 14.7. The molecule has 2 aliphatic heterocycles. The minimum absolute atomic E-state index is 0.100. The fourth-order valence-electron chi connectivity index (χ4n) is 6.27. The molecule has 0 aliphatic carbocycles. The molecule has 2 N–H and O–H groups in total. The van der Waals surface area contributed by atoms with Crippen LogP contribution >= 0.6 is 0 Å². The molecule has 6 rings (SSSR count). The molecule has 2 aliphatic rings. The van der Waals surface area contributed by atoms with Gasteiger partial charge in [-0.15, -0.1) is 0 Å². The highest BCUT2D eigenvalue weighted by atomic mass is 19.2. The number of fused-ring (bicyclic) bond motifs is 1. The Bertz CT molecular complexity index is 1730. The third-order valence-corrected chi connectivity index (χ3v) is 8.52. The monoisotopic (exact) mass is 605 g/mol. The van der Waals surface area contributed by atoms with Gasteiger partial charge in [0.1, 0.15) is 6.04 Å². The van der Waals surface area contributed by atoms with Crippen molar-refractivity contribution in [1.29, 1.82) is 0 Å². The number of likely N-dealkylation sites (tertiary alicyclic amines) is 2. The summed E-state index contributed by atoms with van der Waals surface area (Å²) < 4.78 is 35.9. The number of hydrogen-bond acceptors (Lipinski definition) is 6. The number of amides is 3. The number of halogens is 2. The molecule has 5 heterocycles. The lowest BCUT2D eigenvalue weighted by Crippen LogP contribution is -2.53. The van der Waals surface area contributed by atoms with Crippen molar-refractivity contribution in [3.05, 3.63) is 88.1 Å². The molecule has 3 amide bonds. The van der Waals surface area contributed by atoms with E-state index < -0.39 is 23.6 Å². The van der Waals surface area contributed by atoms with E-state index in [1.165, 1.54) is 19.2 Å². The summed E-state index contributed by atoms with van der Waals surface area (Å²) in [4.78, 5) is 54.5. The molecule has 2 fully saturated rings. The number of carbonyl (C=O) groups is 2.